The minimum absolute atomic E-state index is 0.00740. The quantitative estimate of drug-likeness (QED) is 0.849. The van der Waals surface area contributed by atoms with Gasteiger partial charge in [0.05, 0.1) is 11.1 Å². The largest absolute Gasteiger partial charge is 0.378 e. The maximum absolute atomic E-state index is 12.2. The van der Waals surface area contributed by atoms with Gasteiger partial charge in [0.25, 0.3) is 15.0 Å². The molecule has 0 saturated carbocycles. The Morgan fingerprint density at radius 2 is 2.14 bits per heavy atom. The zero-order chi connectivity index (χ0) is 15.6. The summed E-state index contributed by atoms with van der Waals surface area (Å²) < 4.78 is 28.2. The number of benzene rings is 1. The normalized spacial score (nSPS) is 22.8. The summed E-state index contributed by atoms with van der Waals surface area (Å²) in [4.78, 5) is 11.9. The van der Waals surface area contributed by atoms with E-state index in [4.69, 9.17) is 27.0 Å². The smallest absolute Gasteiger partial charge is 0.262 e. The monoisotopic (exact) mass is 351 g/mol. The lowest BCUT2D eigenvalue weighted by atomic mass is 10.0. The molecule has 0 aromatic heterocycles. The highest BCUT2D eigenvalue weighted by atomic mass is 35.7. The Labute approximate surface area is 133 Å². The standard InChI is InChI=1S/C13H15Cl2NO4S/c1-8-6-10(4-5-20-8)16-13(17)9-2-3-11(14)12(7-9)21(15,18)19/h2-3,7-8,10H,4-6H2,1H3,(H,16,17). The lowest BCUT2D eigenvalue weighted by Gasteiger charge is -2.28. The van der Waals surface area contributed by atoms with Crippen LogP contribution in [0.4, 0.5) is 0 Å². The van der Waals surface area contributed by atoms with E-state index < -0.39 is 9.05 Å². The van der Waals surface area contributed by atoms with Gasteiger partial charge in [-0.05, 0) is 38.0 Å². The van der Waals surface area contributed by atoms with Gasteiger partial charge in [-0.25, -0.2) is 8.42 Å². The van der Waals surface area contributed by atoms with Gasteiger partial charge in [0.1, 0.15) is 4.90 Å². The summed E-state index contributed by atoms with van der Waals surface area (Å²) in [5.74, 6) is -0.354. The molecule has 2 atom stereocenters. The molecule has 1 fully saturated rings. The lowest BCUT2D eigenvalue weighted by Crippen LogP contribution is -2.41. The summed E-state index contributed by atoms with van der Waals surface area (Å²) in [7, 11) is 1.30. The predicted octanol–water partition coefficient (Wildman–Crippen LogP) is 2.56. The number of halogens is 2. The zero-order valence-corrected chi connectivity index (χ0v) is 13.6. The van der Waals surface area contributed by atoms with Crippen molar-refractivity contribution in [2.75, 3.05) is 6.61 Å². The Bertz CT molecular complexity index is 648. The SMILES string of the molecule is CC1CC(NC(=O)c2ccc(Cl)c(S(=O)(=O)Cl)c2)CCO1. The van der Waals surface area contributed by atoms with Crippen LogP contribution >= 0.6 is 22.3 Å². The highest BCUT2D eigenvalue weighted by Crippen LogP contribution is 2.26. The third-order valence-corrected chi connectivity index (χ3v) is 5.08. The Morgan fingerprint density at radius 1 is 1.43 bits per heavy atom. The lowest BCUT2D eigenvalue weighted by molar-refractivity contribution is 0.0136. The predicted molar refractivity (Wildman–Crippen MR) is 80.4 cm³/mol. The molecule has 8 heteroatoms. The number of ether oxygens (including phenoxy) is 1. The molecule has 0 aliphatic carbocycles. The van der Waals surface area contributed by atoms with E-state index in [2.05, 4.69) is 5.32 Å². The highest BCUT2D eigenvalue weighted by Gasteiger charge is 2.23. The highest BCUT2D eigenvalue weighted by molar-refractivity contribution is 8.13. The van der Waals surface area contributed by atoms with Crippen LogP contribution in [-0.4, -0.2) is 33.1 Å². The van der Waals surface area contributed by atoms with Gasteiger partial charge in [-0.2, -0.15) is 0 Å². The van der Waals surface area contributed by atoms with E-state index in [1.165, 1.54) is 18.2 Å². The van der Waals surface area contributed by atoms with Crippen molar-refractivity contribution in [3.05, 3.63) is 28.8 Å². The second-order valence-corrected chi connectivity index (χ2v) is 7.90. The van der Waals surface area contributed by atoms with Crippen LogP contribution in [0.5, 0.6) is 0 Å². The molecule has 0 bridgehead atoms. The number of hydrogen-bond donors (Lipinski definition) is 1. The van der Waals surface area contributed by atoms with Crippen molar-refractivity contribution in [2.24, 2.45) is 0 Å². The van der Waals surface area contributed by atoms with Crippen LogP contribution in [0.1, 0.15) is 30.1 Å². The summed E-state index contributed by atoms with van der Waals surface area (Å²) in [6.45, 7) is 2.53. The van der Waals surface area contributed by atoms with Crippen LogP contribution in [0.2, 0.25) is 5.02 Å². The zero-order valence-electron chi connectivity index (χ0n) is 11.3. The van der Waals surface area contributed by atoms with E-state index in [1.54, 1.807) is 0 Å². The fourth-order valence-corrected chi connectivity index (χ4v) is 3.72. The molecule has 1 heterocycles. The van der Waals surface area contributed by atoms with Crippen molar-refractivity contribution < 1.29 is 17.9 Å². The van der Waals surface area contributed by atoms with Gasteiger partial charge in [0, 0.05) is 28.9 Å². The van der Waals surface area contributed by atoms with E-state index in [-0.39, 0.29) is 33.5 Å². The molecule has 0 spiro atoms. The fourth-order valence-electron chi connectivity index (χ4n) is 2.23. The fraction of sp³-hybridized carbons (Fsp3) is 0.462. The third kappa shape index (κ3) is 4.32. The molecule has 2 rings (SSSR count). The summed E-state index contributed by atoms with van der Waals surface area (Å²) in [6.07, 6.45) is 1.54. The molecule has 5 nitrogen and oxygen atoms in total. The molecule has 0 radical (unpaired) electrons. The Kier molecular flexibility index (Phi) is 5.14. The molecule has 1 N–H and O–H groups in total. The molecule has 2 unspecified atom stereocenters. The van der Waals surface area contributed by atoms with E-state index in [1.807, 2.05) is 6.92 Å². The molecular formula is C13H15Cl2NO4S. The molecule has 1 aliphatic heterocycles. The van der Waals surface area contributed by atoms with E-state index in [9.17, 15) is 13.2 Å². The first kappa shape index (κ1) is 16.5. The molecular weight excluding hydrogens is 337 g/mol. The van der Waals surface area contributed by atoms with Gasteiger partial charge in [-0.15, -0.1) is 0 Å². The van der Waals surface area contributed by atoms with Gasteiger partial charge in [0.2, 0.25) is 0 Å². The van der Waals surface area contributed by atoms with E-state index >= 15 is 0 Å². The van der Waals surface area contributed by atoms with Gasteiger partial charge in [0.15, 0.2) is 0 Å². The number of nitrogens with one attached hydrogen (secondary N) is 1. The number of carbonyl (C=O) groups is 1. The van der Waals surface area contributed by atoms with Gasteiger partial charge in [-0.3, -0.25) is 4.79 Å². The minimum atomic E-state index is -3.99. The van der Waals surface area contributed by atoms with Crippen molar-refractivity contribution in [3.63, 3.8) is 0 Å². The number of rotatable bonds is 3. The number of hydrogen-bond acceptors (Lipinski definition) is 4. The molecule has 1 aromatic carbocycles. The number of carbonyl (C=O) groups excluding carboxylic acids is 1. The van der Waals surface area contributed by atoms with Crippen molar-refractivity contribution in [3.8, 4) is 0 Å². The molecule has 1 aliphatic rings. The second-order valence-electron chi connectivity index (χ2n) is 4.96. The average Bonchev–Trinajstić information content (AvgIpc) is 2.37. The third-order valence-electron chi connectivity index (χ3n) is 3.28. The summed E-state index contributed by atoms with van der Waals surface area (Å²) in [5, 5.41) is 2.85. The maximum Gasteiger partial charge on any atom is 0.262 e. The average molecular weight is 352 g/mol. The molecule has 1 aromatic rings. The van der Waals surface area contributed by atoms with Crippen molar-refractivity contribution >= 4 is 37.2 Å². The van der Waals surface area contributed by atoms with Crippen LogP contribution in [0.3, 0.4) is 0 Å². The number of amides is 1. The Hall–Kier alpha value is -0.820. The van der Waals surface area contributed by atoms with Crippen LogP contribution in [-0.2, 0) is 13.8 Å². The summed E-state index contributed by atoms with van der Waals surface area (Å²) in [6, 6.07) is 4.00. The van der Waals surface area contributed by atoms with Crippen LogP contribution in [0.15, 0.2) is 23.1 Å². The minimum Gasteiger partial charge on any atom is -0.378 e. The van der Waals surface area contributed by atoms with Crippen molar-refractivity contribution in [1.82, 2.24) is 5.32 Å². The maximum atomic E-state index is 12.2. The molecule has 1 amide bonds. The van der Waals surface area contributed by atoms with Crippen LogP contribution in [0.25, 0.3) is 0 Å². The molecule has 116 valence electrons. The first-order chi connectivity index (χ1) is 9.77. The Morgan fingerprint density at radius 3 is 2.76 bits per heavy atom. The van der Waals surface area contributed by atoms with E-state index in [0.29, 0.717) is 6.61 Å². The first-order valence-electron chi connectivity index (χ1n) is 6.44. The van der Waals surface area contributed by atoms with Crippen LogP contribution < -0.4 is 5.32 Å². The van der Waals surface area contributed by atoms with Gasteiger partial charge < -0.3 is 10.1 Å². The van der Waals surface area contributed by atoms with Crippen LogP contribution in [0, 0.1) is 0 Å². The van der Waals surface area contributed by atoms with Crippen molar-refractivity contribution in [1.29, 1.82) is 0 Å². The topological polar surface area (TPSA) is 72.5 Å². The molecule has 1 saturated heterocycles. The Balaban J connectivity index is 2.16. The summed E-state index contributed by atoms with van der Waals surface area (Å²) in [5.41, 5.74) is 0.206. The second kappa shape index (κ2) is 6.52. The van der Waals surface area contributed by atoms with E-state index in [0.717, 1.165) is 12.8 Å². The van der Waals surface area contributed by atoms with Crippen molar-refractivity contribution in [2.45, 2.75) is 36.8 Å². The summed E-state index contributed by atoms with van der Waals surface area (Å²) >= 11 is 5.78. The van der Waals surface area contributed by atoms with Gasteiger partial charge in [-0.1, -0.05) is 11.6 Å². The molecule has 21 heavy (non-hydrogen) atoms. The van der Waals surface area contributed by atoms with Gasteiger partial charge >= 0.3 is 0 Å². The first-order valence-corrected chi connectivity index (χ1v) is 9.13.